The lowest BCUT2D eigenvalue weighted by Crippen LogP contribution is -2.49. The van der Waals surface area contributed by atoms with Gasteiger partial charge in [-0.3, -0.25) is 14.5 Å². The minimum Gasteiger partial charge on any atom is -0.459 e. The highest BCUT2D eigenvalue weighted by molar-refractivity contribution is 5.93. The minimum atomic E-state index is -0.161. The first kappa shape index (κ1) is 22.6. The molecule has 0 bridgehead atoms. The number of nitrogens with one attached hydrogen (secondary N) is 2. The third-order valence-electron chi connectivity index (χ3n) is 6.82. The van der Waals surface area contributed by atoms with Gasteiger partial charge in [0.05, 0.1) is 12.8 Å². The number of hydrogen-bond acceptors (Lipinski definition) is 5. The highest BCUT2D eigenvalue weighted by atomic mass is 16.5. The zero-order valence-electron chi connectivity index (χ0n) is 18.8. The van der Waals surface area contributed by atoms with Gasteiger partial charge in [-0.05, 0) is 44.2 Å². The van der Waals surface area contributed by atoms with E-state index >= 15 is 0 Å². The number of hydrogen-bond donors (Lipinski definition) is 2. The van der Waals surface area contributed by atoms with Gasteiger partial charge in [-0.25, -0.2) is 0 Å². The van der Waals surface area contributed by atoms with E-state index in [0.717, 1.165) is 57.6 Å². The molecule has 2 aliphatic rings. The van der Waals surface area contributed by atoms with E-state index in [9.17, 15) is 9.59 Å². The number of ether oxygens (including phenoxy) is 1. The first-order valence-corrected chi connectivity index (χ1v) is 11.5. The molecule has 0 spiro atoms. The van der Waals surface area contributed by atoms with Gasteiger partial charge in [0.15, 0.2) is 5.76 Å². The summed E-state index contributed by atoms with van der Waals surface area (Å²) in [6, 6.07) is 12.3. The summed E-state index contributed by atoms with van der Waals surface area (Å²) in [5.41, 5.74) is 2.05. The van der Waals surface area contributed by atoms with Crippen LogP contribution < -0.4 is 10.6 Å². The van der Waals surface area contributed by atoms with E-state index in [1.165, 1.54) is 11.8 Å². The van der Waals surface area contributed by atoms with Crippen molar-refractivity contribution in [2.45, 2.75) is 44.1 Å². The molecule has 32 heavy (non-hydrogen) atoms. The summed E-state index contributed by atoms with van der Waals surface area (Å²) in [5.74, 6) is 0.277. The van der Waals surface area contributed by atoms with E-state index in [1.54, 1.807) is 6.07 Å². The fourth-order valence-corrected chi connectivity index (χ4v) is 4.74. The van der Waals surface area contributed by atoms with Crippen LogP contribution in [0.2, 0.25) is 0 Å². The van der Waals surface area contributed by atoms with Crippen LogP contribution in [0.15, 0.2) is 47.1 Å². The highest BCUT2D eigenvalue weighted by Crippen LogP contribution is 2.34. The molecule has 0 aliphatic carbocycles. The molecule has 0 saturated carbocycles. The first-order chi connectivity index (χ1) is 15.6. The number of likely N-dealkylation sites (tertiary alicyclic amines) is 1. The van der Waals surface area contributed by atoms with E-state index in [2.05, 4.69) is 39.8 Å². The van der Waals surface area contributed by atoms with Crippen molar-refractivity contribution in [2.24, 2.45) is 0 Å². The molecule has 7 nitrogen and oxygen atoms in total. The van der Waals surface area contributed by atoms with Crippen molar-refractivity contribution in [3.8, 4) is 0 Å². The lowest BCUT2D eigenvalue weighted by molar-refractivity contribution is -0.123. The van der Waals surface area contributed by atoms with Crippen LogP contribution in [0.1, 0.15) is 47.4 Å². The van der Waals surface area contributed by atoms with E-state index < -0.39 is 0 Å². The van der Waals surface area contributed by atoms with E-state index in [4.69, 9.17) is 9.15 Å². The van der Waals surface area contributed by atoms with Crippen molar-refractivity contribution < 1.29 is 18.7 Å². The molecule has 2 aliphatic heterocycles. The molecule has 2 fully saturated rings. The summed E-state index contributed by atoms with van der Waals surface area (Å²) in [4.78, 5) is 27.2. The number of aryl methyl sites for hydroxylation is 1. The molecule has 2 saturated heterocycles. The van der Waals surface area contributed by atoms with Crippen LogP contribution in [-0.2, 0) is 14.9 Å². The Hall–Kier alpha value is -2.64. The van der Waals surface area contributed by atoms with E-state index in [-0.39, 0.29) is 23.3 Å². The number of piperidine rings is 1. The van der Waals surface area contributed by atoms with Gasteiger partial charge in [0.1, 0.15) is 0 Å². The van der Waals surface area contributed by atoms with E-state index in [0.29, 0.717) is 18.8 Å². The molecule has 2 amide bonds. The predicted molar refractivity (Wildman–Crippen MR) is 122 cm³/mol. The SMILES string of the molecule is Cc1ccoc1C(=O)NC1CCN(CC(=O)NCC2(c3ccccc3)CCOCC2)CC1. The molecule has 4 rings (SSSR count). The molecule has 1 aromatic carbocycles. The molecule has 172 valence electrons. The van der Waals surface area contributed by atoms with Crippen molar-refractivity contribution in [1.82, 2.24) is 15.5 Å². The van der Waals surface area contributed by atoms with Crippen molar-refractivity contribution in [3.63, 3.8) is 0 Å². The van der Waals surface area contributed by atoms with Crippen molar-refractivity contribution in [3.05, 3.63) is 59.5 Å². The molecule has 7 heteroatoms. The van der Waals surface area contributed by atoms with Crippen LogP contribution >= 0.6 is 0 Å². The summed E-state index contributed by atoms with van der Waals surface area (Å²) in [7, 11) is 0. The monoisotopic (exact) mass is 439 g/mol. The number of rotatable bonds is 7. The quantitative estimate of drug-likeness (QED) is 0.693. The van der Waals surface area contributed by atoms with Crippen LogP contribution in [0, 0.1) is 6.92 Å². The normalized spacial score (nSPS) is 19.4. The number of nitrogens with zero attached hydrogens (tertiary/aromatic N) is 1. The molecule has 2 aromatic rings. The molecule has 0 unspecified atom stereocenters. The van der Waals surface area contributed by atoms with E-state index in [1.807, 2.05) is 13.0 Å². The summed E-state index contributed by atoms with van der Waals surface area (Å²) in [6.45, 7) is 5.90. The van der Waals surface area contributed by atoms with Gasteiger partial charge in [0, 0.05) is 49.9 Å². The summed E-state index contributed by atoms with van der Waals surface area (Å²) in [5, 5.41) is 6.24. The Morgan fingerprint density at radius 3 is 2.47 bits per heavy atom. The Morgan fingerprint density at radius 1 is 1.09 bits per heavy atom. The maximum atomic E-state index is 12.7. The van der Waals surface area contributed by atoms with Crippen LogP contribution in [-0.4, -0.2) is 62.1 Å². The molecular formula is C25H33N3O4. The summed E-state index contributed by atoms with van der Waals surface area (Å²) >= 11 is 0. The number of carbonyl (C=O) groups is 2. The molecule has 3 heterocycles. The standard InChI is InChI=1S/C25H33N3O4/c1-19-9-14-32-23(19)24(30)27-21-7-12-28(13-8-21)17-22(29)26-18-25(10-15-31-16-11-25)20-5-3-2-4-6-20/h2-6,9,14,21H,7-8,10-13,15-18H2,1H3,(H,26,29)(H,27,30). The third-order valence-corrected chi connectivity index (χ3v) is 6.82. The first-order valence-electron chi connectivity index (χ1n) is 11.5. The van der Waals surface area contributed by atoms with Crippen molar-refractivity contribution >= 4 is 11.8 Å². The molecule has 0 radical (unpaired) electrons. The van der Waals surface area contributed by atoms with Crippen LogP contribution in [0.4, 0.5) is 0 Å². The Kier molecular flexibility index (Phi) is 7.27. The largest absolute Gasteiger partial charge is 0.459 e. The fraction of sp³-hybridized carbons (Fsp3) is 0.520. The minimum absolute atomic E-state index is 0.0560. The number of amides is 2. The van der Waals surface area contributed by atoms with Crippen LogP contribution in [0.3, 0.4) is 0 Å². The Bertz CT molecular complexity index is 897. The molecule has 0 atom stereocenters. The van der Waals surface area contributed by atoms with Crippen molar-refractivity contribution in [2.75, 3.05) is 39.4 Å². The van der Waals surface area contributed by atoms with Gasteiger partial charge >= 0.3 is 0 Å². The Labute approximate surface area is 189 Å². The zero-order chi connectivity index (χ0) is 22.4. The third kappa shape index (κ3) is 5.40. The smallest absolute Gasteiger partial charge is 0.287 e. The fourth-order valence-electron chi connectivity index (χ4n) is 4.74. The van der Waals surface area contributed by atoms with Gasteiger partial charge in [-0.2, -0.15) is 0 Å². The Balaban J connectivity index is 1.23. The van der Waals surface area contributed by atoms with Crippen LogP contribution in [0.25, 0.3) is 0 Å². The van der Waals surface area contributed by atoms with Gasteiger partial charge < -0.3 is 19.8 Å². The zero-order valence-corrected chi connectivity index (χ0v) is 18.8. The lowest BCUT2D eigenvalue weighted by Gasteiger charge is -2.38. The van der Waals surface area contributed by atoms with Gasteiger partial charge in [-0.1, -0.05) is 30.3 Å². The summed E-state index contributed by atoms with van der Waals surface area (Å²) in [6.07, 6.45) is 5.01. The number of benzene rings is 1. The second-order valence-corrected chi connectivity index (χ2v) is 8.99. The average Bonchev–Trinajstić information content (AvgIpc) is 3.26. The van der Waals surface area contributed by atoms with Crippen molar-refractivity contribution in [1.29, 1.82) is 0 Å². The predicted octanol–water partition coefficient (Wildman–Crippen LogP) is 2.65. The average molecular weight is 440 g/mol. The molecule has 2 N–H and O–H groups in total. The van der Waals surface area contributed by atoms with Gasteiger partial charge in [0.25, 0.3) is 5.91 Å². The maximum absolute atomic E-state index is 12.7. The second-order valence-electron chi connectivity index (χ2n) is 8.99. The molecular weight excluding hydrogens is 406 g/mol. The highest BCUT2D eigenvalue weighted by Gasteiger charge is 2.35. The van der Waals surface area contributed by atoms with Gasteiger partial charge in [-0.15, -0.1) is 0 Å². The molecule has 1 aromatic heterocycles. The Morgan fingerprint density at radius 2 is 1.81 bits per heavy atom. The summed E-state index contributed by atoms with van der Waals surface area (Å²) < 4.78 is 10.9. The topological polar surface area (TPSA) is 83.8 Å². The van der Waals surface area contributed by atoms with Gasteiger partial charge in [0.2, 0.25) is 5.91 Å². The lowest BCUT2D eigenvalue weighted by atomic mass is 9.74. The number of carbonyl (C=O) groups excluding carboxylic acids is 2. The number of furan rings is 1. The second kappa shape index (κ2) is 10.3. The maximum Gasteiger partial charge on any atom is 0.287 e. The van der Waals surface area contributed by atoms with Crippen LogP contribution in [0.5, 0.6) is 0 Å².